The topological polar surface area (TPSA) is 50.7 Å². The predicted molar refractivity (Wildman–Crippen MR) is 133 cm³/mol. The average molecular weight is 446 g/mol. The molecule has 2 unspecified atom stereocenters. The van der Waals surface area contributed by atoms with Gasteiger partial charge in [-0.2, -0.15) is 0 Å². The Morgan fingerprint density at radius 3 is 2.45 bits per heavy atom. The fourth-order valence-corrected chi connectivity index (χ4v) is 4.55. The Balaban J connectivity index is 1.25. The van der Waals surface area contributed by atoms with Gasteiger partial charge in [0.1, 0.15) is 18.1 Å². The largest absolute Gasteiger partial charge is 0.493 e. The zero-order chi connectivity index (χ0) is 22.9. The third-order valence-corrected chi connectivity index (χ3v) is 6.54. The Morgan fingerprint density at radius 2 is 1.67 bits per heavy atom. The van der Waals surface area contributed by atoms with Gasteiger partial charge >= 0.3 is 0 Å². The lowest BCUT2D eigenvalue weighted by molar-refractivity contribution is -0.0446. The quantitative estimate of drug-likeness (QED) is 0.415. The second-order valence-corrected chi connectivity index (χ2v) is 9.16. The summed E-state index contributed by atoms with van der Waals surface area (Å²) in [6, 6.07) is 26.5. The molecule has 3 aromatic rings. The van der Waals surface area contributed by atoms with Gasteiger partial charge in [-0.25, -0.2) is 0 Å². The predicted octanol–water partition coefficient (Wildman–Crippen LogP) is 5.32. The summed E-state index contributed by atoms with van der Waals surface area (Å²) in [6.45, 7) is 4.98. The Kier molecular flexibility index (Phi) is 8.03. The highest BCUT2D eigenvalue weighted by Gasteiger charge is 2.38. The average Bonchev–Trinajstić information content (AvgIpc) is 2.84. The van der Waals surface area contributed by atoms with Crippen LogP contribution >= 0.6 is 0 Å². The summed E-state index contributed by atoms with van der Waals surface area (Å²) in [5, 5.41) is 14.9. The molecule has 1 heterocycles. The number of aliphatic hydroxyl groups is 1. The van der Waals surface area contributed by atoms with Gasteiger partial charge in [-0.1, -0.05) is 66.2 Å². The van der Waals surface area contributed by atoms with E-state index in [1.807, 2.05) is 42.5 Å². The number of ether oxygens (including phenoxy) is 2. The van der Waals surface area contributed by atoms with Crippen molar-refractivity contribution >= 4 is 0 Å². The number of rotatable bonds is 10. The highest BCUT2D eigenvalue weighted by molar-refractivity contribution is 5.33. The van der Waals surface area contributed by atoms with Crippen molar-refractivity contribution in [1.29, 1.82) is 0 Å². The molecule has 174 valence electrons. The zero-order valence-corrected chi connectivity index (χ0v) is 19.5. The molecule has 0 amide bonds. The molecule has 2 atom stereocenters. The molecule has 1 saturated heterocycles. The molecular weight excluding hydrogens is 410 g/mol. The summed E-state index contributed by atoms with van der Waals surface area (Å²) in [5.41, 5.74) is 2.94. The van der Waals surface area contributed by atoms with Crippen molar-refractivity contribution in [2.24, 2.45) is 5.92 Å². The summed E-state index contributed by atoms with van der Waals surface area (Å²) in [5.74, 6) is 1.84. The molecule has 4 rings (SSSR count). The highest BCUT2D eigenvalue weighted by Crippen LogP contribution is 2.32. The van der Waals surface area contributed by atoms with Crippen molar-refractivity contribution < 1.29 is 14.6 Å². The van der Waals surface area contributed by atoms with Gasteiger partial charge in [0.15, 0.2) is 0 Å². The van der Waals surface area contributed by atoms with Crippen LogP contribution in [-0.2, 0) is 13.0 Å². The summed E-state index contributed by atoms with van der Waals surface area (Å²) >= 11 is 0. The van der Waals surface area contributed by atoms with E-state index in [0.29, 0.717) is 19.6 Å². The van der Waals surface area contributed by atoms with E-state index < -0.39 is 5.60 Å². The van der Waals surface area contributed by atoms with E-state index in [1.54, 1.807) is 0 Å². The summed E-state index contributed by atoms with van der Waals surface area (Å²) in [6.07, 6.45) is 3.33. The molecule has 1 aliphatic heterocycles. The number of hydrogen-bond acceptors (Lipinski definition) is 4. The molecule has 1 fully saturated rings. The zero-order valence-electron chi connectivity index (χ0n) is 19.5. The van der Waals surface area contributed by atoms with Crippen LogP contribution < -0.4 is 14.8 Å². The summed E-state index contributed by atoms with van der Waals surface area (Å²) in [4.78, 5) is 0. The van der Waals surface area contributed by atoms with E-state index in [4.69, 9.17) is 9.47 Å². The lowest BCUT2D eigenvalue weighted by atomic mass is 9.75. The van der Waals surface area contributed by atoms with Crippen LogP contribution in [0, 0.1) is 12.8 Å². The number of benzene rings is 3. The molecule has 0 radical (unpaired) electrons. The monoisotopic (exact) mass is 445 g/mol. The summed E-state index contributed by atoms with van der Waals surface area (Å²) in [7, 11) is 0. The third-order valence-electron chi connectivity index (χ3n) is 6.54. The van der Waals surface area contributed by atoms with E-state index in [2.05, 4.69) is 48.6 Å². The normalized spacial score (nSPS) is 20.4. The molecule has 0 spiro atoms. The van der Waals surface area contributed by atoms with Gasteiger partial charge < -0.3 is 19.9 Å². The minimum absolute atomic E-state index is 0.219. The second-order valence-electron chi connectivity index (χ2n) is 9.16. The molecule has 2 N–H and O–H groups in total. The first-order valence-corrected chi connectivity index (χ1v) is 12.0. The van der Waals surface area contributed by atoms with Crippen LogP contribution in [0.25, 0.3) is 0 Å². The first kappa shape index (κ1) is 23.3. The van der Waals surface area contributed by atoms with Gasteiger partial charge in [0.05, 0.1) is 12.2 Å². The first-order valence-electron chi connectivity index (χ1n) is 12.0. The Hall–Kier alpha value is -2.82. The van der Waals surface area contributed by atoms with Crippen LogP contribution in [0.1, 0.15) is 36.0 Å². The first-order chi connectivity index (χ1) is 16.1. The molecule has 1 aliphatic rings. The Labute approximate surface area is 197 Å². The number of hydrogen-bond donors (Lipinski definition) is 2. The summed E-state index contributed by atoms with van der Waals surface area (Å²) < 4.78 is 11.9. The Morgan fingerprint density at radius 1 is 0.909 bits per heavy atom. The molecule has 3 aromatic carbocycles. The van der Waals surface area contributed by atoms with Crippen LogP contribution in [0.15, 0.2) is 78.9 Å². The number of nitrogens with one attached hydrogen (secondary N) is 1. The van der Waals surface area contributed by atoms with Gasteiger partial charge in [0.25, 0.3) is 0 Å². The van der Waals surface area contributed by atoms with Crippen LogP contribution in [0.3, 0.4) is 0 Å². The molecule has 4 nitrogen and oxygen atoms in total. The van der Waals surface area contributed by atoms with E-state index >= 15 is 0 Å². The SMILES string of the molecule is Cc1ccc(CC2(O)CCNCC2CCCOc2cccc(OCc3ccccc3)c2)cc1. The van der Waals surface area contributed by atoms with Gasteiger partial charge in [-0.05, 0) is 56.0 Å². The van der Waals surface area contributed by atoms with Crippen LogP contribution in [-0.4, -0.2) is 30.4 Å². The minimum Gasteiger partial charge on any atom is -0.493 e. The fourth-order valence-electron chi connectivity index (χ4n) is 4.55. The third kappa shape index (κ3) is 6.83. The lowest BCUT2D eigenvalue weighted by Crippen LogP contribution is -2.51. The molecular formula is C29H35NO3. The van der Waals surface area contributed by atoms with Crippen molar-refractivity contribution in [3.8, 4) is 11.5 Å². The van der Waals surface area contributed by atoms with Gasteiger partial charge in [0.2, 0.25) is 0 Å². The van der Waals surface area contributed by atoms with Gasteiger partial charge in [-0.3, -0.25) is 0 Å². The van der Waals surface area contributed by atoms with Crippen molar-refractivity contribution in [2.75, 3.05) is 19.7 Å². The fraction of sp³-hybridized carbons (Fsp3) is 0.379. The van der Waals surface area contributed by atoms with Crippen molar-refractivity contribution in [2.45, 2.75) is 44.8 Å². The van der Waals surface area contributed by atoms with Crippen molar-refractivity contribution in [3.05, 3.63) is 95.6 Å². The maximum Gasteiger partial charge on any atom is 0.123 e. The van der Waals surface area contributed by atoms with Gasteiger partial charge in [-0.15, -0.1) is 0 Å². The van der Waals surface area contributed by atoms with Crippen LogP contribution in [0.5, 0.6) is 11.5 Å². The second kappa shape index (κ2) is 11.4. The molecule has 33 heavy (non-hydrogen) atoms. The maximum atomic E-state index is 11.5. The maximum absolute atomic E-state index is 11.5. The smallest absolute Gasteiger partial charge is 0.123 e. The van der Waals surface area contributed by atoms with E-state index in [9.17, 15) is 5.11 Å². The number of piperidine rings is 1. The Bertz CT molecular complexity index is 989. The standard InChI is InChI=1S/C29H35NO3/c1-23-12-14-24(15-13-23)20-29(31)16-17-30-21-26(29)9-6-18-32-27-10-5-11-28(19-27)33-22-25-7-3-2-4-8-25/h2-5,7-8,10-15,19,26,30-31H,6,9,16-18,20-22H2,1H3. The highest BCUT2D eigenvalue weighted by atomic mass is 16.5. The minimum atomic E-state index is -0.661. The van der Waals surface area contributed by atoms with Crippen molar-refractivity contribution in [3.63, 3.8) is 0 Å². The van der Waals surface area contributed by atoms with Crippen LogP contribution in [0.2, 0.25) is 0 Å². The molecule has 0 aromatic heterocycles. The van der Waals surface area contributed by atoms with Crippen LogP contribution in [0.4, 0.5) is 0 Å². The van der Waals surface area contributed by atoms with Gasteiger partial charge in [0, 0.05) is 24.9 Å². The molecule has 4 heteroatoms. The van der Waals surface area contributed by atoms with Crippen molar-refractivity contribution in [1.82, 2.24) is 5.32 Å². The molecule has 0 bridgehead atoms. The molecule has 0 aliphatic carbocycles. The van der Waals surface area contributed by atoms with E-state index in [-0.39, 0.29) is 5.92 Å². The van der Waals surface area contributed by atoms with E-state index in [0.717, 1.165) is 49.4 Å². The number of aryl methyl sites for hydroxylation is 1. The molecule has 0 saturated carbocycles. The lowest BCUT2D eigenvalue weighted by Gasteiger charge is -2.41. The van der Waals surface area contributed by atoms with E-state index in [1.165, 1.54) is 11.1 Å².